The van der Waals surface area contributed by atoms with Crippen LogP contribution in [0.3, 0.4) is 0 Å². The van der Waals surface area contributed by atoms with Gasteiger partial charge in [0.25, 0.3) is 0 Å². The second kappa shape index (κ2) is 10.4. The van der Waals surface area contributed by atoms with E-state index in [-0.39, 0.29) is 32.9 Å². The van der Waals surface area contributed by atoms with Gasteiger partial charge in [-0.2, -0.15) is 27.2 Å². The van der Waals surface area contributed by atoms with Gasteiger partial charge in [-0.3, -0.25) is 9.99 Å². The third-order valence-electron chi connectivity index (χ3n) is 7.76. The number of alkyl halides is 3. The molecule has 222 valence electrons. The van der Waals surface area contributed by atoms with Crippen LogP contribution in [-0.2, 0) is 0 Å². The number of nitrogens with zero attached hydrogens (tertiary/aromatic N) is 4. The van der Waals surface area contributed by atoms with Crippen molar-refractivity contribution in [2.24, 2.45) is 5.41 Å². The lowest BCUT2D eigenvalue weighted by atomic mass is 9.92. The molecule has 8 nitrogen and oxygen atoms in total. The molecule has 0 unspecified atom stereocenters. The van der Waals surface area contributed by atoms with Crippen LogP contribution in [0.5, 0.6) is 0 Å². The van der Waals surface area contributed by atoms with Gasteiger partial charge in [-0.15, -0.1) is 5.53 Å². The van der Waals surface area contributed by atoms with Crippen LogP contribution in [-0.4, -0.2) is 33.2 Å². The topological polar surface area (TPSA) is 101 Å². The van der Waals surface area contributed by atoms with Crippen molar-refractivity contribution in [1.82, 2.24) is 25.9 Å². The number of rotatable bonds is 8. The summed E-state index contributed by atoms with van der Waals surface area (Å²) in [5.41, 5.74) is 4.86. The maximum Gasteiger partial charge on any atom is 0.395 e. The van der Waals surface area contributed by atoms with E-state index in [0.717, 1.165) is 26.7 Å². The average molecular weight is 607 g/mol. The standard InChI is InChI=1S/C28H28ClF5N8/c1-14-17(5-6-20(30)38-14)23(24-25(31)42(41-40-24)27(4)7-8-27)39-16-9-18-21(37-13-26(2,3)28(32,33)34)15(11-35)12-36-22(18)19(29)10-16/h5-6,9-10,12,23,39-41H,7-8,13H2,1-4H3,(H,36,37)/t23-/m0/s1. The molecule has 1 aliphatic heterocycles. The van der Waals surface area contributed by atoms with Gasteiger partial charge in [0.15, 0.2) is 0 Å². The minimum absolute atomic E-state index is 0.0209. The number of halogens is 6. The minimum Gasteiger partial charge on any atom is -0.382 e. The molecule has 1 saturated carbocycles. The molecule has 4 N–H and O–H groups in total. The molecular formula is C28H28ClF5N8. The molecule has 0 bridgehead atoms. The fourth-order valence-corrected chi connectivity index (χ4v) is 4.92. The van der Waals surface area contributed by atoms with Gasteiger partial charge in [0.1, 0.15) is 11.8 Å². The highest BCUT2D eigenvalue weighted by molar-refractivity contribution is 6.35. The third-order valence-corrected chi connectivity index (χ3v) is 8.05. The van der Waals surface area contributed by atoms with Crippen LogP contribution >= 0.6 is 11.6 Å². The molecule has 0 amide bonds. The van der Waals surface area contributed by atoms with E-state index in [1.54, 1.807) is 13.0 Å². The van der Waals surface area contributed by atoms with Crippen molar-refractivity contribution < 1.29 is 22.0 Å². The predicted octanol–water partition coefficient (Wildman–Crippen LogP) is 6.77. The van der Waals surface area contributed by atoms with Gasteiger partial charge in [-0.25, -0.2) is 4.98 Å². The number of nitrogens with one attached hydrogen (secondary N) is 4. The molecule has 1 aromatic carbocycles. The average Bonchev–Trinajstić information content (AvgIpc) is 3.53. The Labute approximate surface area is 243 Å². The van der Waals surface area contributed by atoms with Crippen molar-refractivity contribution in [2.45, 2.75) is 58.3 Å². The number of anilines is 2. The molecule has 0 radical (unpaired) electrons. The SMILES string of the molecule is Cc1nc(F)ccc1[C@H](Nc1cc(Cl)c2ncc(C#N)c(NCC(C)(C)C(F)(F)F)c2c1)C1=C(F)N(C2(C)CC2)NN1. The van der Waals surface area contributed by atoms with Gasteiger partial charge >= 0.3 is 6.18 Å². The zero-order chi connectivity index (χ0) is 30.6. The van der Waals surface area contributed by atoms with Gasteiger partial charge in [-0.05, 0) is 58.7 Å². The van der Waals surface area contributed by atoms with Crippen LogP contribution < -0.4 is 21.6 Å². The summed E-state index contributed by atoms with van der Waals surface area (Å²) in [5.74, 6) is -1.26. The number of fused-ring (bicyclic) bond motifs is 1. The number of hydrogen-bond donors (Lipinski definition) is 4. The van der Waals surface area contributed by atoms with Crippen LogP contribution in [0.15, 0.2) is 42.1 Å². The van der Waals surface area contributed by atoms with E-state index in [2.05, 4.69) is 31.6 Å². The highest BCUT2D eigenvalue weighted by Crippen LogP contribution is 2.45. The summed E-state index contributed by atoms with van der Waals surface area (Å²) in [6, 6.07) is 6.80. The van der Waals surface area contributed by atoms with Crippen molar-refractivity contribution in [1.29, 1.82) is 5.26 Å². The Kier molecular flexibility index (Phi) is 7.35. The smallest absolute Gasteiger partial charge is 0.382 e. The Balaban J connectivity index is 1.60. The Hall–Kier alpha value is -3.89. The van der Waals surface area contributed by atoms with Crippen molar-refractivity contribution in [3.8, 4) is 6.07 Å². The van der Waals surface area contributed by atoms with Crippen LogP contribution in [0.4, 0.5) is 33.3 Å². The third kappa shape index (κ3) is 5.36. The molecule has 2 aliphatic rings. The zero-order valence-corrected chi connectivity index (χ0v) is 23.9. The summed E-state index contributed by atoms with van der Waals surface area (Å²) in [4.78, 5) is 8.14. The van der Waals surface area contributed by atoms with Gasteiger partial charge in [0.05, 0.1) is 38.8 Å². The lowest BCUT2D eigenvalue weighted by Gasteiger charge is -2.29. The summed E-state index contributed by atoms with van der Waals surface area (Å²) < 4.78 is 70.5. The summed E-state index contributed by atoms with van der Waals surface area (Å²) in [6.07, 6.45) is -1.69. The lowest BCUT2D eigenvalue weighted by Crippen LogP contribution is -2.44. The highest BCUT2D eigenvalue weighted by Gasteiger charge is 2.49. The second-order valence-electron chi connectivity index (χ2n) is 11.4. The largest absolute Gasteiger partial charge is 0.395 e. The Morgan fingerprint density at radius 2 is 1.93 bits per heavy atom. The van der Waals surface area contributed by atoms with Crippen molar-refractivity contribution >= 4 is 33.9 Å². The zero-order valence-electron chi connectivity index (χ0n) is 23.1. The molecule has 1 atom stereocenters. The monoisotopic (exact) mass is 606 g/mol. The van der Waals surface area contributed by atoms with E-state index in [0.29, 0.717) is 16.9 Å². The first kappa shape index (κ1) is 29.6. The number of hydrogen-bond acceptors (Lipinski definition) is 8. The van der Waals surface area contributed by atoms with Crippen LogP contribution in [0.25, 0.3) is 10.9 Å². The maximum atomic E-state index is 15.8. The van der Waals surface area contributed by atoms with E-state index in [4.69, 9.17) is 11.6 Å². The minimum atomic E-state index is -4.50. The molecule has 1 aliphatic carbocycles. The number of pyridine rings is 2. The molecule has 3 aromatic rings. The molecule has 0 spiro atoms. The van der Waals surface area contributed by atoms with Crippen LogP contribution in [0.2, 0.25) is 5.02 Å². The number of aromatic nitrogens is 2. The summed E-state index contributed by atoms with van der Waals surface area (Å²) in [7, 11) is 0. The fraction of sp³-hybridized carbons (Fsp3) is 0.393. The van der Waals surface area contributed by atoms with Gasteiger partial charge < -0.3 is 16.1 Å². The quantitative estimate of drug-likeness (QED) is 0.127. The molecule has 1 fully saturated rings. The van der Waals surface area contributed by atoms with E-state index >= 15 is 4.39 Å². The summed E-state index contributed by atoms with van der Waals surface area (Å²) in [6.45, 7) is 5.08. The second-order valence-corrected chi connectivity index (χ2v) is 11.8. The first-order chi connectivity index (χ1) is 19.6. The highest BCUT2D eigenvalue weighted by atomic mass is 35.5. The van der Waals surface area contributed by atoms with Crippen molar-refractivity contribution in [3.05, 3.63) is 69.9 Å². The Bertz CT molecular complexity index is 1630. The van der Waals surface area contributed by atoms with Gasteiger partial charge in [-0.1, -0.05) is 17.7 Å². The fourth-order valence-electron chi connectivity index (χ4n) is 4.65. The molecule has 0 saturated heterocycles. The Morgan fingerprint density at radius 1 is 1.21 bits per heavy atom. The van der Waals surface area contributed by atoms with E-state index in [9.17, 15) is 22.8 Å². The predicted molar refractivity (Wildman–Crippen MR) is 149 cm³/mol. The number of benzene rings is 1. The van der Waals surface area contributed by atoms with Gasteiger partial charge in [0, 0.05) is 35.1 Å². The summed E-state index contributed by atoms with van der Waals surface area (Å²) in [5, 5.41) is 17.6. The van der Waals surface area contributed by atoms with E-state index in [1.807, 2.05) is 13.0 Å². The van der Waals surface area contributed by atoms with Crippen molar-refractivity contribution in [2.75, 3.05) is 17.2 Å². The molecule has 14 heteroatoms. The normalized spacial score (nSPS) is 17.2. The molecular weight excluding hydrogens is 579 g/mol. The maximum absolute atomic E-state index is 15.8. The first-order valence-corrected chi connectivity index (χ1v) is 13.5. The number of aryl methyl sites for hydroxylation is 1. The Morgan fingerprint density at radius 3 is 2.55 bits per heavy atom. The summed E-state index contributed by atoms with van der Waals surface area (Å²) >= 11 is 6.58. The molecule has 5 rings (SSSR count). The van der Waals surface area contributed by atoms with E-state index in [1.165, 1.54) is 29.4 Å². The van der Waals surface area contributed by atoms with E-state index < -0.39 is 41.6 Å². The first-order valence-electron chi connectivity index (χ1n) is 13.1. The van der Waals surface area contributed by atoms with Gasteiger partial charge in [0.2, 0.25) is 11.9 Å². The van der Waals surface area contributed by atoms with Crippen LogP contribution in [0.1, 0.15) is 56.5 Å². The molecule has 42 heavy (non-hydrogen) atoms. The van der Waals surface area contributed by atoms with Crippen molar-refractivity contribution in [3.63, 3.8) is 0 Å². The molecule has 3 heterocycles. The number of nitriles is 1. The molecule has 2 aromatic heterocycles. The van der Waals surface area contributed by atoms with Crippen LogP contribution in [0, 0.1) is 29.6 Å². The number of hydrazine groups is 2. The lowest BCUT2D eigenvalue weighted by molar-refractivity contribution is -0.206.